The van der Waals surface area contributed by atoms with Gasteiger partial charge in [-0.1, -0.05) is 35.9 Å². The average Bonchev–Trinajstić information content (AvgIpc) is 3.12. The molecule has 0 aliphatic carbocycles. The van der Waals surface area contributed by atoms with E-state index in [0.717, 1.165) is 20.8 Å². The third kappa shape index (κ3) is 3.52. The van der Waals surface area contributed by atoms with Crippen molar-refractivity contribution in [3.8, 4) is 16.3 Å². The molecule has 0 saturated carbocycles. The van der Waals surface area contributed by atoms with Gasteiger partial charge in [0.05, 0.1) is 28.6 Å². The number of thiazole rings is 1. The van der Waals surface area contributed by atoms with Crippen LogP contribution in [0.1, 0.15) is 10.4 Å². The first kappa shape index (κ1) is 17.5. The molecule has 4 rings (SSSR count). The number of halogens is 1. The van der Waals surface area contributed by atoms with E-state index in [4.69, 9.17) is 21.3 Å². The normalized spacial score (nSPS) is 10.7. The number of carbonyl (C=O) groups is 1. The standard InChI is InChI=1S/C21H15ClN2O2S/c1-26-18-11-10-13(22)12-15(18)20(25)23-16-7-3-2-6-14(16)21-24-17-8-4-5-9-19(17)27-21/h2-12H,1H3,(H,23,25). The monoisotopic (exact) mass is 394 g/mol. The number of para-hydroxylation sites is 2. The molecule has 6 heteroatoms. The summed E-state index contributed by atoms with van der Waals surface area (Å²) in [5.74, 6) is 0.178. The van der Waals surface area contributed by atoms with Crippen molar-refractivity contribution < 1.29 is 9.53 Å². The maximum atomic E-state index is 12.8. The van der Waals surface area contributed by atoms with Gasteiger partial charge in [-0.2, -0.15) is 0 Å². The Morgan fingerprint density at radius 2 is 1.85 bits per heavy atom. The molecule has 0 aliphatic rings. The van der Waals surface area contributed by atoms with Gasteiger partial charge < -0.3 is 10.1 Å². The van der Waals surface area contributed by atoms with Crippen molar-refractivity contribution in [1.82, 2.24) is 4.98 Å². The fourth-order valence-corrected chi connectivity index (χ4v) is 3.99. The summed E-state index contributed by atoms with van der Waals surface area (Å²) >= 11 is 7.64. The molecule has 4 nitrogen and oxygen atoms in total. The van der Waals surface area contributed by atoms with Crippen molar-refractivity contribution in [3.05, 3.63) is 77.3 Å². The summed E-state index contributed by atoms with van der Waals surface area (Å²) in [7, 11) is 1.52. The molecule has 134 valence electrons. The summed E-state index contributed by atoms with van der Waals surface area (Å²) in [5.41, 5.74) is 2.87. The maximum Gasteiger partial charge on any atom is 0.259 e. The van der Waals surface area contributed by atoms with Crippen molar-refractivity contribution in [3.63, 3.8) is 0 Å². The van der Waals surface area contributed by atoms with Crippen molar-refractivity contribution in [2.24, 2.45) is 0 Å². The van der Waals surface area contributed by atoms with Crippen LogP contribution in [0.2, 0.25) is 5.02 Å². The molecule has 27 heavy (non-hydrogen) atoms. The SMILES string of the molecule is COc1ccc(Cl)cc1C(=O)Nc1ccccc1-c1nc2ccccc2s1. The average molecular weight is 395 g/mol. The zero-order valence-electron chi connectivity index (χ0n) is 14.4. The second-order valence-electron chi connectivity index (χ2n) is 5.83. The number of hydrogen-bond acceptors (Lipinski definition) is 4. The molecule has 0 radical (unpaired) electrons. The van der Waals surface area contributed by atoms with Crippen molar-refractivity contribution >= 4 is 44.7 Å². The molecule has 1 aromatic heterocycles. The highest BCUT2D eigenvalue weighted by atomic mass is 35.5. The lowest BCUT2D eigenvalue weighted by Crippen LogP contribution is -2.13. The van der Waals surface area contributed by atoms with Gasteiger partial charge in [0.1, 0.15) is 10.8 Å². The van der Waals surface area contributed by atoms with Gasteiger partial charge in [-0.05, 0) is 42.5 Å². The molecule has 0 saturated heterocycles. The molecule has 0 fully saturated rings. The third-order valence-electron chi connectivity index (χ3n) is 4.11. The highest BCUT2D eigenvalue weighted by molar-refractivity contribution is 7.21. The Morgan fingerprint density at radius 1 is 1.07 bits per heavy atom. The van der Waals surface area contributed by atoms with E-state index in [1.807, 2.05) is 48.5 Å². The van der Waals surface area contributed by atoms with Crippen LogP contribution >= 0.6 is 22.9 Å². The lowest BCUT2D eigenvalue weighted by Gasteiger charge is -2.12. The molecule has 0 spiro atoms. The van der Waals surface area contributed by atoms with E-state index in [1.54, 1.807) is 29.5 Å². The number of anilines is 1. The number of amides is 1. The van der Waals surface area contributed by atoms with Crippen molar-refractivity contribution in [2.45, 2.75) is 0 Å². The molecule has 1 amide bonds. The summed E-state index contributed by atoms with van der Waals surface area (Å²) in [6, 6.07) is 20.5. The predicted octanol–water partition coefficient (Wildman–Crippen LogP) is 5.88. The lowest BCUT2D eigenvalue weighted by molar-refractivity contribution is 0.102. The Hall–Kier alpha value is -2.89. The number of rotatable bonds is 4. The Balaban J connectivity index is 1.71. The maximum absolute atomic E-state index is 12.8. The highest BCUT2D eigenvalue weighted by Gasteiger charge is 2.16. The van der Waals surface area contributed by atoms with Crippen molar-refractivity contribution in [2.75, 3.05) is 12.4 Å². The van der Waals surface area contributed by atoms with Crippen LogP contribution in [0, 0.1) is 0 Å². The smallest absolute Gasteiger partial charge is 0.259 e. The van der Waals surface area contributed by atoms with Crippen LogP contribution in [-0.4, -0.2) is 18.0 Å². The summed E-state index contributed by atoms with van der Waals surface area (Å²) in [4.78, 5) is 17.5. The van der Waals surface area contributed by atoms with Crippen molar-refractivity contribution in [1.29, 1.82) is 0 Å². The highest BCUT2D eigenvalue weighted by Crippen LogP contribution is 2.35. The van der Waals surface area contributed by atoms with E-state index in [0.29, 0.717) is 22.0 Å². The number of hydrogen-bond donors (Lipinski definition) is 1. The van der Waals surface area contributed by atoms with E-state index in [1.165, 1.54) is 7.11 Å². The Morgan fingerprint density at radius 3 is 2.67 bits per heavy atom. The Kier molecular flexibility index (Phi) is 4.79. The van der Waals surface area contributed by atoms with Crippen LogP contribution in [0.5, 0.6) is 5.75 Å². The number of nitrogens with zero attached hydrogens (tertiary/aromatic N) is 1. The number of nitrogens with one attached hydrogen (secondary N) is 1. The van der Waals surface area contributed by atoms with Gasteiger partial charge in [-0.25, -0.2) is 4.98 Å². The number of aromatic nitrogens is 1. The molecule has 4 aromatic rings. The first-order chi connectivity index (χ1) is 13.2. The van der Waals surface area contributed by atoms with Crippen LogP contribution in [0.3, 0.4) is 0 Å². The predicted molar refractivity (Wildman–Crippen MR) is 111 cm³/mol. The van der Waals surface area contributed by atoms with E-state index in [-0.39, 0.29) is 5.91 Å². The summed E-state index contributed by atoms with van der Waals surface area (Å²) in [5, 5.41) is 4.29. The minimum absolute atomic E-state index is 0.289. The van der Waals surface area contributed by atoms with Gasteiger partial charge in [0, 0.05) is 10.6 Å². The largest absolute Gasteiger partial charge is 0.496 e. The summed E-state index contributed by atoms with van der Waals surface area (Å²) in [6.45, 7) is 0. The van der Waals surface area contributed by atoms with E-state index >= 15 is 0 Å². The number of benzene rings is 3. The Bertz CT molecular complexity index is 1110. The topological polar surface area (TPSA) is 51.2 Å². The number of fused-ring (bicyclic) bond motifs is 1. The minimum atomic E-state index is -0.289. The molecular formula is C21H15ClN2O2S. The second kappa shape index (κ2) is 7.39. The van der Waals surface area contributed by atoms with E-state index in [2.05, 4.69) is 5.32 Å². The second-order valence-corrected chi connectivity index (χ2v) is 7.30. The molecule has 0 aliphatic heterocycles. The van der Waals surface area contributed by atoms with Crippen LogP contribution in [-0.2, 0) is 0 Å². The first-order valence-corrected chi connectivity index (χ1v) is 9.45. The number of methoxy groups -OCH3 is 1. The van der Waals surface area contributed by atoms with Gasteiger partial charge in [-0.3, -0.25) is 4.79 Å². The summed E-state index contributed by atoms with van der Waals surface area (Å²) < 4.78 is 6.39. The van der Waals surface area contributed by atoms with Crippen LogP contribution in [0.4, 0.5) is 5.69 Å². The van der Waals surface area contributed by atoms with Crippen LogP contribution in [0.15, 0.2) is 66.7 Å². The number of ether oxygens (including phenoxy) is 1. The number of carbonyl (C=O) groups excluding carboxylic acids is 1. The lowest BCUT2D eigenvalue weighted by atomic mass is 10.1. The fraction of sp³-hybridized carbons (Fsp3) is 0.0476. The van der Waals surface area contributed by atoms with Gasteiger partial charge in [-0.15, -0.1) is 11.3 Å². The molecule has 0 atom stereocenters. The zero-order valence-corrected chi connectivity index (χ0v) is 16.0. The van der Waals surface area contributed by atoms with Crippen LogP contribution < -0.4 is 10.1 Å². The summed E-state index contributed by atoms with van der Waals surface area (Å²) in [6.07, 6.45) is 0. The van der Waals surface area contributed by atoms with E-state index < -0.39 is 0 Å². The molecule has 3 aromatic carbocycles. The molecule has 0 bridgehead atoms. The van der Waals surface area contributed by atoms with Gasteiger partial charge >= 0.3 is 0 Å². The van der Waals surface area contributed by atoms with Gasteiger partial charge in [0.15, 0.2) is 0 Å². The molecular weight excluding hydrogens is 380 g/mol. The van der Waals surface area contributed by atoms with Crippen LogP contribution in [0.25, 0.3) is 20.8 Å². The third-order valence-corrected chi connectivity index (χ3v) is 5.41. The molecule has 1 N–H and O–H groups in total. The van der Waals surface area contributed by atoms with Gasteiger partial charge in [0.25, 0.3) is 5.91 Å². The zero-order chi connectivity index (χ0) is 18.8. The quantitative estimate of drug-likeness (QED) is 0.470. The Labute approximate surface area is 165 Å². The fourth-order valence-electron chi connectivity index (χ4n) is 2.81. The first-order valence-electron chi connectivity index (χ1n) is 8.25. The molecule has 0 unspecified atom stereocenters. The van der Waals surface area contributed by atoms with Gasteiger partial charge in [0.2, 0.25) is 0 Å². The minimum Gasteiger partial charge on any atom is -0.496 e. The molecule has 1 heterocycles. The van der Waals surface area contributed by atoms with E-state index in [9.17, 15) is 4.79 Å².